The van der Waals surface area contributed by atoms with E-state index in [4.69, 9.17) is 9.47 Å². The van der Waals surface area contributed by atoms with Crippen LogP contribution >= 0.6 is 0 Å². The number of ether oxygens (including phenoxy) is 2. The molecule has 1 N–H and O–H groups in total. The molecular weight excluding hydrogens is 242 g/mol. The molecule has 0 aromatic carbocycles. The van der Waals surface area contributed by atoms with E-state index in [2.05, 4.69) is 4.90 Å². The summed E-state index contributed by atoms with van der Waals surface area (Å²) in [7, 11) is 0. The second-order valence-corrected chi connectivity index (χ2v) is 6.74. The van der Waals surface area contributed by atoms with Crippen LogP contribution in [0.15, 0.2) is 0 Å². The Morgan fingerprint density at radius 2 is 1.84 bits per heavy atom. The minimum atomic E-state index is 0.0424. The maximum atomic E-state index is 9.50. The highest BCUT2D eigenvalue weighted by Gasteiger charge is 2.40. The molecule has 0 amide bonds. The van der Waals surface area contributed by atoms with E-state index in [-0.39, 0.29) is 12.0 Å². The van der Waals surface area contributed by atoms with Gasteiger partial charge in [0.2, 0.25) is 0 Å². The van der Waals surface area contributed by atoms with Crippen molar-refractivity contribution >= 4 is 0 Å². The zero-order chi connectivity index (χ0) is 13.1. The Hall–Kier alpha value is -0.160. The quantitative estimate of drug-likeness (QED) is 0.831. The second kappa shape index (κ2) is 6.08. The number of aliphatic hydroxyl groups excluding tert-OH is 1. The molecule has 0 aromatic rings. The fourth-order valence-corrected chi connectivity index (χ4v) is 3.82. The lowest BCUT2D eigenvalue weighted by Crippen LogP contribution is -2.54. The highest BCUT2D eigenvalue weighted by Crippen LogP contribution is 2.33. The Morgan fingerprint density at radius 1 is 1.05 bits per heavy atom. The topological polar surface area (TPSA) is 41.9 Å². The lowest BCUT2D eigenvalue weighted by molar-refractivity contribution is -0.150. The largest absolute Gasteiger partial charge is 0.396 e. The van der Waals surface area contributed by atoms with Gasteiger partial charge < -0.3 is 19.5 Å². The molecule has 0 saturated carbocycles. The van der Waals surface area contributed by atoms with Crippen LogP contribution in [0.5, 0.6) is 0 Å². The Balaban J connectivity index is 1.44. The van der Waals surface area contributed by atoms with Crippen LogP contribution in [0.1, 0.15) is 25.7 Å². The Morgan fingerprint density at radius 3 is 2.37 bits per heavy atom. The molecule has 0 aliphatic carbocycles. The number of hydrogen-bond donors (Lipinski definition) is 1. The number of piperidine rings is 1. The lowest BCUT2D eigenvalue weighted by Gasteiger charge is -2.45. The van der Waals surface area contributed by atoms with Crippen LogP contribution in [-0.4, -0.2) is 62.7 Å². The molecule has 3 heterocycles. The Kier molecular flexibility index (Phi) is 4.42. The van der Waals surface area contributed by atoms with Crippen LogP contribution in [0.2, 0.25) is 0 Å². The van der Waals surface area contributed by atoms with Gasteiger partial charge >= 0.3 is 0 Å². The van der Waals surface area contributed by atoms with Gasteiger partial charge in [-0.15, -0.1) is 0 Å². The van der Waals surface area contributed by atoms with Crippen LogP contribution in [0.4, 0.5) is 0 Å². The zero-order valence-corrected chi connectivity index (χ0v) is 11.9. The number of aliphatic hydroxyl groups is 1. The summed E-state index contributed by atoms with van der Waals surface area (Å²) in [5.74, 6) is 1.66. The third-order valence-corrected chi connectivity index (χ3v) is 5.21. The number of hydrogen-bond acceptors (Lipinski definition) is 4. The monoisotopic (exact) mass is 269 g/mol. The average molecular weight is 269 g/mol. The summed E-state index contributed by atoms with van der Waals surface area (Å²) in [4.78, 5) is 2.53. The van der Waals surface area contributed by atoms with Crippen molar-refractivity contribution in [3.63, 3.8) is 0 Å². The van der Waals surface area contributed by atoms with Gasteiger partial charge in [0.1, 0.15) is 0 Å². The molecular formula is C15H27NO3. The summed E-state index contributed by atoms with van der Waals surface area (Å²) in [5.41, 5.74) is 0.0424. The molecule has 4 nitrogen and oxygen atoms in total. The third-order valence-electron chi connectivity index (χ3n) is 5.21. The van der Waals surface area contributed by atoms with E-state index in [1.54, 1.807) is 0 Å². The van der Waals surface area contributed by atoms with Crippen molar-refractivity contribution in [1.29, 1.82) is 0 Å². The highest BCUT2D eigenvalue weighted by atomic mass is 16.5. The lowest BCUT2D eigenvalue weighted by atomic mass is 9.80. The molecule has 0 spiro atoms. The Labute approximate surface area is 116 Å². The molecule has 1 atom stereocenters. The first kappa shape index (κ1) is 13.8. The van der Waals surface area contributed by atoms with Gasteiger partial charge in [0.05, 0.1) is 25.2 Å². The maximum absolute atomic E-state index is 9.50. The summed E-state index contributed by atoms with van der Waals surface area (Å²) in [5, 5.41) is 9.50. The fraction of sp³-hybridized carbons (Fsp3) is 1.00. The van der Waals surface area contributed by atoms with Gasteiger partial charge in [-0.1, -0.05) is 0 Å². The van der Waals surface area contributed by atoms with Gasteiger partial charge in [0, 0.05) is 19.8 Å². The summed E-state index contributed by atoms with van der Waals surface area (Å²) in [6.07, 6.45) is 5.21. The predicted octanol–water partition coefficient (Wildman–Crippen LogP) is 1.13. The van der Waals surface area contributed by atoms with Crippen molar-refractivity contribution in [3.05, 3.63) is 0 Å². The molecule has 3 aliphatic heterocycles. The van der Waals surface area contributed by atoms with Crippen molar-refractivity contribution in [2.45, 2.75) is 25.7 Å². The van der Waals surface area contributed by atoms with E-state index in [1.807, 2.05) is 0 Å². The highest BCUT2D eigenvalue weighted by molar-refractivity contribution is 4.90. The predicted molar refractivity (Wildman–Crippen MR) is 73.0 cm³/mol. The zero-order valence-electron chi connectivity index (χ0n) is 11.9. The van der Waals surface area contributed by atoms with Crippen molar-refractivity contribution < 1.29 is 14.6 Å². The smallest absolute Gasteiger partial charge is 0.0579 e. The first-order chi connectivity index (χ1) is 9.31. The van der Waals surface area contributed by atoms with Crippen molar-refractivity contribution in [2.24, 2.45) is 17.3 Å². The van der Waals surface area contributed by atoms with E-state index in [0.717, 1.165) is 44.8 Å². The summed E-state index contributed by atoms with van der Waals surface area (Å²) >= 11 is 0. The molecule has 3 fully saturated rings. The SMILES string of the molecule is OCC1(CN2CCC(C3CCCOC3)CC2)COC1. The number of likely N-dealkylation sites (tertiary alicyclic amines) is 1. The molecule has 3 saturated heterocycles. The summed E-state index contributed by atoms with van der Waals surface area (Å²) in [6, 6.07) is 0. The van der Waals surface area contributed by atoms with E-state index < -0.39 is 0 Å². The van der Waals surface area contributed by atoms with Crippen molar-refractivity contribution in [1.82, 2.24) is 4.90 Å². The number of nitrogens with zero attached hydrogens (tertiary/aromatic N) is 1. The van der Waals surface area contributed by atoms with Crippen LogP contribution in [0, 0.1) is 17.3 Å². The maximum Gasteiger partial charge on any atom is 0.0579 e. The van der Waals surface area contributed by atoms with Gasteiger partial charge in [0.25, 0.3) is 0 Å². The summed E-state index contributed by atoms with van der Waals surface area (Å²) < 4.78 is 10.9. The Bertz CT molecular complexity index is 274. The molecule has 19 heavy (non-hydrogen) atoms. The van der Waals surface area contributed by atoms with Gasteiger partial charge in [-0.3, -0.25) is 0 Å². The minimum Gasteiger partial charge on any atom is -0.396 e. The van der Waals surface area contributed by atoms with Gasteiger partial charge in [-0.2, -0.15) is 0 Å². The van der Waals surface area contributed by atoms with Crippen LogP contribution in [0.3, 0.4) is 0 Å². The van der Waals surface area contributed by atoms with E-state index in [0.29, 0.717) is 0 Å². The molecule has 1 unspecified atom stereocenters. The minimum absolute atomic E-state index is 0.0424. The molecule has 4 heteroatoms. The van der Waals surface area contributed by atoms with Gasteiger partial charge in [-0.25, -0.2) is 0 Å². The van der Waals surface area contributed by atoms with Crippen LogP contribution < -0.4 is 0 Å². The van der Waals surface area contributed by atoms with E-state index in [9.17, 15) is 5.11 Å². The first-order valence-electron chi connectivity index (χ1n) is 7.80. The van der Waals surface area contributed by atoms with E-state index >= 15 is 0 Å². The molecule has 110 valence electrons. The molecule has 3 aliphatic rings. The molecule has 3 rings (SSSR count). The van der Waals surface area contributed by atoms with Gasteiger partial charge in [0.15, 0.2) is 0 Å². The summed E-state index contributed by atoms with van der Waals surface area (Å²) in [6.45, 7) is 7.07. The molecule has 0 aromatic heterocycles. The molecule has 0 radical (unpaired) electrons. The van der Waals surface area contributed by atoms with Crippen LogP contribution in [-0.2, 0) is 9.47 Å². The standard InChI is InChI=1S/C15H27NO3/c17-10-15(11-19-12-15)9-16-5-3-13(4-6-16)14-2-1-7-18-8-14/h13-14,17H,1-12H2. The average Bonchev–Trinajstić information content (AvgIpc) is 2.45. The van der Waals surface area contributed by atoms with Gasteiger partial charge in [-0.05, 0) is 50.6 Å². The third kappa shape index (κ3) is 3.13. The van der Waals surface area contributed by atoms with Crippen LogP contribution in [0.25, 0.3) is 0 Å². The molecule has 0 bridgehead atoms. The second-order valence-electron chi connectivity index (χ2n) is 6.74. The first-order valence-corrected chi connectivity index (χ1v) is 7.80. The van der Waals surface area contributed by atoms with Crippen molar-refractivity contribution in [3.8, 4) is 0 Å². The van der Waals surface area contributed by atoms with E-state index in [1.165, 1.54) is 38.8 Å². The normalized spacial score (nSPS) is 33.0. The number of rotatable bonds is 4. The fourth-order valence-electron chi connectivity index (χ4n) is 3.82. The van der Waals surface area contributed by atoms with Crippen molar-refractivity contribution in [2.75, 3.05) is 52.7 Å².